The molecule has 0 saturated carbocycles. The Kier molecular flexibility index (Phi) is 3.79. The third kappa shape index (κ3) is 3.28. The molecule has 0 aromatic heterocycles. The van der Waals surface area contributed by atoms with Gasteiger partial charge in [0.05, 0.1) is 0 Å². The number of Topliss-reactive ketones (excluding diaryl/α,β-unsaturated/α-hetero) is 1. The van der Waals surface area contributed by atoms with Gasteiger partial charge < -0.3 is 0 Å². The fourth-order valence-electron chi connectivity index (χ4n) is 2.22. The van der Waals surface area contributed by atoms with Crippen molar-refractivity contribution in [2.24, 2.45) is 0 Å². The zero-order valence-electron chi connectivity index (χ0n) is 11.5. The van der Waals surface area contributed by atoms with Crippen LogP contribution >= 0.6 is 0 Å². The van der Waals surface area contributed by atoms with Crippen LogP contribution in [0.4, 0.5) is 4.39 Å². The van der Waals surface area contributed by atoms with Gasteiger partial charge in [-0.3, -0.25) is 4.79 Å². The normalized spacial score (nSPS) is 10.5. The lowest BCUT2D eigenvalue weighted by Gasteiger charge is -2.06. The average Bonchev–Trinajstić information content (AvgIpc) is 2.31. The lowest BCUT2D eigenvalue weighted by molar-refractivity contribution is 0.0992. The van der Waals surface area contributed by atoms with Crippen LogP contribution in [0.3, 0.4) is 0 Å². The van der Waals surface area contributed by atoms with E-state index in [-0.39, 0.29) is 11.6 Å². The van der Waals surface area contributed by atoms with E-state index in [0.29, 0.717) is 17.5 Å². The maximum Gasteiger partial charge on any atom is 0.167 e. The van der Waals surface area contributed by atoms with Crippen LogP contribution in [0.1, 0.15) is 32.6 Å². The highest BCUT2D eigenvalue weighted by Crippen LogP contribution is 2.14. The summed E-state index contributed by atoms with van der Waals surface area (Å²) in [6.45, 7) is 5.70. The number of halogens is 1. The molecule has 0 saturated heterocycles. The van der Waals surface area contributed by atoms with Crippen LogP contribution in [0.2, 0.25) is 0 Å². The van der Waals surface area contributed by atoms with Crippen LogP contribution in [0.15, 0.2) is 36.4 Å². The van der Waals surface area contributed by atoms with Crippen LogP contribution in [0, 0.1) is 26.6 Å². The summed E-state index contributed by atoms with van der Waals surface area (Å²) in [6, 6.07) is 10.7. The third-order valence-electron chi connectivity index (χ3n) is 3.14. The molecule has 19 heavy (non-hydrogen) atoms. The summed E-state index contributed by atoms with van der Waals surface area (Å²) in [5.41, 5.74) is 4.24. The number of hydrogen-bond acceptors (Lipinski definition) is 1. The lowest BCUT2D eigenvalue weighted by atomic mass is 9.99. The molecule has 2 heteroatoms. The first-order valence-corrected chi connectivity index (χ1v) is 6.32. The van der Waals surface area contributed by atoms with Gasteiger partial charge >= 0.3 is 0 Å². The minimum absolute atomic E-state index is 0.0519. The fourth-order valence-corrected chi connectivity index (χ4v) is 2.22. The molecule has 1 nitrogen and oxygen atoms in total. The number of hydrogen-bond donors (Lipinski definition) is 0. The van der Waals surface area contributed by atoms with E-state index in [2.05, 4.69) is 6.07 Å². The van der Waals surface area contributed by atoms with Crippen molar-refractivity contribution >= 4 is 5.78 Å². The molecule has 0 aliphatic heterocycles. The number of carbonyl (C=O) groups is 1. The molecule has 0 bridgehead atoms. The SMILES string of the molecule is Cc1cc(C)cc(CC(=O)c2ccc(C)c(F)c2)c1. The highest BCUT2D eigenvalue weighted by Gasteiger charge is 2.09. The summed E-state index contributed by atoms with van der Waals surface area (Å²) in [5.74, 6) is -0.379. The maximum absolute atomic E-state index is 13.5. The van der Waals surface area contributed by atoms with Crippen molar-refractivity contribution in [3.8, 4) is 0 Å². The van der Waals surface area contributed by atoms with Crippen molar-refractivity contribution in [3.05, 3.63) is 70.0 Å². The molecule has 0 unspecified atom stereocenters. The van der Waals surface area contributed by atoms with E-state index < -0.39 is 0 Å². The van der Waals surface area contributed by atoms with Gasteiger partial charge in [0.15, 0.2) is 5.78 Å². The van der Waals surface area contributed by atoms with E-state index in [9.17, 15) is 9.18 Å². The molecule has 0 atom stereocenters. The molecule has 0 aliphatic carbocycles. The standard InChI is InChI=1S/C17H17FO/c1-11-6-12(2)8-14(7-11)9-17(19)15-5-4-13(3)16(18)10-15/h4-8,10H,9H2,1-3H3. The van der Waals surface area contributed by atoms with Gasteiger partial charge in [-0.05, 0) is 38.0 Å². The van der Waals surface area contributed by atoms with Crippen LogP contribution in [-0.2, 0) is 6.42 Å². The van der Waals surface area contributed by atoms with Gasteiger partial charge in [0.1, 0.15) is 5.82 Å². The van der Waals surface area contributed by atoms with Gasteiger partial charge in [0.25, 0.3) is 0 Å². The van der Waals surface area contributed by atoms with Crippen LogP contribution in [-0.4, -0.2) is 5.78 Å². The summed E-state index contributed by atoms with van der Waals surface area (Å²) in [5, 5.41) is 0. The molecular formula is C17H17FO. The van der Waals surface area contributed by atoms with Gasteiger partial charge in [0, 0.05) is 12.0 Å². The van der Waals surface area contributed by atoms with E-state index in [0.717, 1.165) is 16.7 Å². The van der Waals surface area contributed by atoms with Crippen LogP contribution < -0.4 is 0 Å². The van der Waals surface area contributed by atoms with E-state index in [1.54, 1.807) is 19.1 Å². The Morgan fingerprint density at radius 3 is 2.21 bits per heavy atom. The van der Waals surface area contributed by atoms with E-state index in [1.807, 2.05) is 26.0 Å². The quantitative estimate of drug-likeness (QED) is 0.753. The minimum atomic E-state index is -0.328. The van der Waals surface area contributed by atoms with E-state index >= 15 is 0 Å². The van der Waals surface area contributed by atoms with Crippen molar-refractivity contribution in [2.45, 2.75) is 27.2 Å². The monoisotopic (exact) mass is 256 g/mol. The van der Waals surface area contributed by atoms with Crippen molar-refractivity contribution in [1.29, 1.82) is 0 Å². The smallest absolute Gasteiger partial charge is 0.167 e. The highest BCUT2D eigenvalue weighted by atomic mass is 19.1. The summed E-state index contributed by atoms with van der Waals surface area (Å²) in [7, 11) is 0. The fraction of sp³-hybridized carbons (Fsp3) is 0.235. The second kappa shape index (κ2) is 5.35. The Morgan fingerprint density at radius 1 is 1.00 bits per heavy atom. The summed E-state index contributed by atoms with van der Waals surface area (Å²) >= 11 is 0. The Hall–Kier alpha value is -1.96. The molecular weight excluding hydrogens is 239 g/mol. The second-order valence-corrected chi connectivity index (χ2v) is 5.06. The van der Waals surface area contributed by atoms with Gasteiger partial charge in [0.2, 0.25) is 0 Å². The molecule has 2 aromatic rings. The van der Waals surface area contributed by atoms with Crippen LogP contribution in [0.25, 0.3) is 0 Å². The molecule has 0 amide bonds. The molecule has 0 aliphatic rings. The zero-order chi connectivity index (χ0) is 14.0. The zero-order valence-corrected chi connectivity index (χ0v) is 11.5. The number of benzene rings is 2. The Bertz CT molecular complexity index is 609. The van der Waals surface area contributed by atoms with Gasteiger partial charge in [-0.1, -0.05) is 41.5 Å². The number of ketones is 1. The van der Waals surface area contributed by atoms with Crippen molar-refractivity contribution < 1.29 is 9.18 Å². The molecule has 2 rings (SSSR count). The summed E-state index contributed by atoms with van der Waals surface area (Å²) < 4.78 is 13.5. The number of rotatable bonds is 3. The molecule has 98 valence electrons. The predicted octanol–water partition coefficient (Wildman–Crippen LogP) is 4.18. The van der Waals surface area contributed by atoms with Crippen molar-refractivity contribution in [3.63, 3.8) is 0 Å². The Morgan fingerprint density at radius 2 is 1.63 bits per heavy atom. The number of aryl methyl sites for hydroxylation is 3. The summed E-state index contributed by atoms with van der Waals surface area (Å²) in [4.78, 5) is 12.1. The maximum atomic E-state index is 13.5. The van der Waals surface area contributed by atoms with Gasteiger partial charge in [-0.25, -0.2) is 4.39 Å². The molecule has 0 fully saturated rings. The second-order valence-electron chi connectivity index (χ2n) is 5.06. The van der Waals surface area contributed by atoms with E-state index in [1.165, 1.54) is 6.07 Å². The largest absolute Gasteiger partial charge is 0.294 e. The minimum Gasteiger partial charge on any atom is -0.294 e. The molecule has 2 aromatic carbocycles. The third-order valence-corrected chi connectivity index (χ3v) is 3.14. The lowest BCUT2D eigenvalue weighted by Crippen LogP contribution is -2.05. The highest BCUT2D eigenvalue weighted by molar-refractivity contribution is 5.97. The first kappa shape index (κ1) is 13.5. The first-order valence-electron chi connectivity index (χ1n) is 6.32. The van der Waals surface area contributed by atoms with Gasteiger partial charge in [-0.15, -0.1) is 0 Å². The Labute approximate surface area is 113 Å². The molecule has 0 spiro atoms. The summed E-state index contributed by atoms with van der Waals surface area (Å²) in [6.07, 6.45) is 0.311. The topological polar surface area (TPSA) is 17.1 Å². The molecule has 0 heterocycles. The van der Waals surface area contributed by atoms with E-state index in [4.69, 9.17) is 0 Å². The molecule has 0 N–H and O–H groups in total. The van der Waals surface area contributed by atoms with Crippen molar-refractivity contribution in [1.82, 2.24) is 0 Å². The van der Waals surface area contributed by atoms with Crippen molar-refractivity contribution in [2.75, 3.05) is 0 Å². The number of carbonyl (C=O) groups excluding carboxylic acids is 1. The average molecular weight is 256 g/mol. The van der Waals surface area contributed by atoms with Gasteiger partial charge in [-0.2, -0.15) is 0 Å². The Balaban J connectivity index is 2.22. The van der Waals surface area contributed by atoms with Crippen LogP contribution in [0.5, 0.6) is 0 Å². The predicted molar refractivity (Wildman–Crippen MR) is 75.1 cm³/mol. The molecule has 0 radical (unpaired) electrons. The first-order chi connectivity index (χ1) is 8.95.